The predicted molar refractivity (Wildman–Crippen MR) is 162 cm³/mol. The molecule has 1 amide bonds. The fraction of sp³-hybridized carbons (Fsp3) is 0.281. The SMILES string of the molecule is COC(=O)[C@@H](Cc1ccc(F)cc1)NC(=O)c1nn(-c2ccc(Cl)cc2Cl)c2c1CCCCC2Cc1cccc(Cl)c1. The summed E-state index contributed by atoms with van der Waals surface area (Å²) in [5.41, 5.74) is 4.29. The number of esters is 1. The van der Waals surface area contributed by atoms with Crippen LogP contribution in [0.4, 0.5) is 4.39 Å². The van der Waals surface area contributed by atoms with E-state index >= 15 is 0 Å². The number of halogens is 4. The average molecular weight is 629 g/mol. The molecule has 0 bridgehead atoms. The van der Waals surface area contributed by atoms with Crippen molar-refractivity contribution < 1.29 is 18.7 Å². The van der Waals surface area contributed by atoms with E-state index in [1.54, 1.807) is 35.0 Å². The molecule has 1 aromatic heterocycles. The summed E-state index contributed by atoms with van der Waals surface area (Å²) < 4.78 is 20.2. The fourth-order valence-corrected chi connectivity index (χ4v) is 6.24. The lowest BCUT2D eigenvalue weighted by molar-refractivity contribution is -0.142. The van der Waals surface area contributed by atoms with Crippen molar-refractivity contribution in [3.8, 4) is 5.69 Å². The van der Waals surface area contributed by atoms with Gasteiger partial charge in [-0.3, -0.25) is 4.79 Å². The molecule has 0 saturated heterocycles. The molecule has 218 valence electrons. The van der Waals surface area contributed by atoms with Crippen molar-refractivity contribution in [1.29, 1.82) is 0 Å². The number of benzene rings is 3. The highest BCUT2D eigenvalue weighted by atomic mass is 35.5. The first-order valence-corrected chi connectivity index (χ1v) is 14.8. The van der Waals surface area contributed by atoms with Gasteiger partial charge in [-0.15, -0.1) is 0 Å². The molecular formula is C32H29Cl3FN3O3. The van der Waals surface area contributed by atoms with E-state index in [1.165, 1.54) is 19.2 Å². The average Bonchev–Trinajstić information content (AvgIpc) is 3.22. The van der Waals surface area contributed by atoms with E-state index in [-0.39, 0.29) is 23.8 Å². The van der Waals surface area contributed by atoms with E-state index in [1.807, 2.05) is 24.3 Å². The van der Waals surface area contributed by atoms with Gasteiger partial charge in [0.1, 0.15) is 11.9 Å². The zero-order valence-electron chi connectivity index (χ0n) is 22.9. The van der Waals surface area contributed by atoms with Crippen molar-refractivity contribution in [2.45, 2.75) is 50.5 Å². The molecule has 0 saturated carbocycles. The van der Waals surface area contributed by atoms with Crippen LogP contribution in [0.15, 0.2) is 66.7 Å². The number of nitrogens with one attached hydrogen (secondary N) is 1. The summed E-state index contributed by atoms with van der Waals surface area (Å²) in [4.78, 5) is 26.6. The van der Waals surface area contributed by atoms with Crippen molar-refractivity contribution in [3.05, 3.63) is 116 Å². The van der Waals surface area contributed by atoms with E-state index < -0.39 is 17.9 Å². The first-order chi connectivity index (χ1) is 20.2. The van der Waals surface area contributed by atoms with E-state index in [4.69, 9.17) is 44.6 Å². The van der Waals surface area contributed by atoms with E-state index in [0.717, 1.165) is 36.1 Å². The zero-order chi connectivity index (χ0) is 29.8. The standard InChI is InChI=1S/C32H29Cl3FN3O3/c1-42-32(41)27(17-19-9-12-24(36)13-10-19)37-31(40)29-25-8-3-2-6-21(15-20-5-4-7-22(33)16-20)30(25)39(38-29)28-14-11-23(34)18-26(28)35/h4-5,7,9-14,16,18,21,27H,2-3,6,8,15,17H2,1H3,(H,37,40)/t21?,27-/m1/s1. The summed E-state index contributed by atoms with van der Waals surface area (Å²) in [6.45, 7) is 0. The Morgan fingerprint density at radius 2 is 1.79 bits per heavy atom. The van der Waals surface area contributed by atoms with Crippen LogP contribution in [0, 0.1) is 5.82 Å². The predicted octanol–water partition coefficient (Wildman–Crippen LogP) is 7.54. The third-order valence-corrected chi connectivity index (χ3v) is 8.28. The normalized spacial score (nSPS) is 15.4. The van der Waals surface area contributed by atoms with Gasteiger partial charge in [-0.25, -0.2) is 13.9 Å². The van der Waals surface area contributed by atoms with Gasteiger partial charge in [-0.2, -0.15) is 5.10 Å². The number of fused-ring (bicyclic) bond motifs is 1. The van der Waals surface area contributed by atoms with Crippen LogP contribution < -0.4 is 5.32 Å². The Morgan fingerprint density at radius 1 is 1.02 bits per heavy atom. The van der Waals surface area contributed by atoms with Crippen molar-refractivity contribution in [2.24, 2.45) is 0 Å². The molecule has 10 heteroatoms. The van der Waals surface area contributed by atoms with Crippen molar-refractivity contribution in [3.63, 3.8) is 0 Å². The molecule has 1 aliphatic rings. The maximum absolute atomic E-state index is 13.9. The van der Waals surface area contributed by atoms with Crippen LogP contribution in [0.3, 0.4) is 0 Å². The zero-order valence-corrected chi connectivity index (χ0v) is 25.1. The summed E-state index contributed by atoms with van der Waals surface area (Å²) >= 11 is 19.2. The summed E-state index contributed by atoms with van der Waals surface area (Å²) in [5.74, 6) is -1.48. The summed E-state index contributed by atoms with van der Waals surface area (Å²) in [5, 5.41) is 9.17. The third kappa shape index (κ3) is 6.80. The van der Waals surface area contributed by atoms with Crippen molar-refractivity contribution in [1.82, 2.24) is 15.1 Å². The number of methoxy groups -OCH3 is 1. The van der Waals surface area contributed by atoms with Crippen LogP contribution >= 0.6 is 34.8 Å². The number of ether oxygens (including phenoxy) is 1. The highest BCUT2D eigenvalue weighted by Crippen LogP contribution is 2.38. The fourth-order valence-electron chi connectivity index (χ4n) is 5.54. The van der Waals surface area contributed by atoms with Crippen molar-refractivity contribution in [2.75, 3.05) is 7.11 Å². The van der Waals surface area contributed by atoms with E-state index in [2.05, 4.69) is 5.32 Å². The van der Waals surface area contributed by atoms with E-state index in [0.29, 0.717) is 39.2 Å². The minimum atomic E-state index is -0.999. The number of hydrogen-bond donors (Lipinski definition) is 1. The molecule has 42 heavy (non-hydrogen) atoms. The molecule has 4 aromatic rings. The first kappa shape index (κ1) is 30.1. The second-order valence-electron chi connectivity index (χ2n) is 10.4. The Bertz CT molecular complexity index is 1610. The number of nitrogens with zero attached hydrogens (tertiary/aromatic N) is 2. The topological polar surface area (TPSA) is 73.2 Å². The van der Waals surface area contributed by atoms with Gasteiger partial charge in [0.15, 0.2) is 5.69 Å². The molecule has 1 heterocycles. The Hall–Kier alpha value is -3.39. The van der Waals surface area contributed by atoms with Crippen LogP contribution in [0.5, 0.6) is 0 Å². The molecule has 6 nitrogen and oxygen atoms in total. The second kappa shape index (κ2) is 13.3. The molecule has 5 rings (SSSR count). The highest BCUT2D eigenvalue weighted by Gasteiger charge is 2.33. The number of aromatic nitrogens is 2. The van der Waals surface area contributed by atoms with Gasteiger partial charge >= 0.3 is 5.97 Å². The Labute approximate surface area is 258 Å². The number of carbonyl (C=O) groups is 2. The molecule has 3 aromatic carbocycles. The Morgan fingerprint density at radius 3 is 2.50 bits per heavy atom. The van der Waals surface area contributed by atoms with Crippen LogP contribution in [0.25, 0.3) is 5.69 Å². The van der Waals surface area contributed by atoms with Crippen LogP contribution in [0.1, 0.15) is 58.1 Å². The van der Waals surface area contributed by atoms with Crippen LogP contribution in [0.2, 0.25) is 15.1 Å². The number of amides is 1. The lowest BCUT2D eigenvalue weighted by atomic mass is 9.91. The molecule has 0 aliphatic heterocycles. The summed E-state index contributed by atoms with van der Waals surface area (Å²) in [6, 6.07) is 17.7. The monoisotopic (exact) mass is 627 g/mol. The largest absolute Gasteiger partial charge is 0.467 e. The van der Waals surface area contributed by atoms with Gasteiger partial charge in [-0.05, 0) is 79.3 Å². The quantitative estimate of drug-likeness (QED) is 0.162. The molecule has 0 spiro atoms. The lowest BCUT2D eigenvalue weighted by Gasteiger charge is -2.19. The minimum absolute atomic E-state index is 0.0254. The van der Waals surface area contributed by atoms with Crippen LogP contribution in [-0.4, -0.2) is 34.8 Å². The third-order valence-electron chi connectivity index (χ3n) is 7.51. The first-order valence-electron chi connectivity index (χ1n) is 13.7. The van der Waals surface area contributed by atoms with Gasteiger partial charge in [-0.1, -0.05) is 65.5 Å². The highest BCUT2D eigenvalue weighted by molar-refractivity contribution is 6.35. The van der Waals surface area contributed by atoms with Gasteiger partial charge in [0.25, 0.3) is 5.91 Å². The molecule has 1 unspecified atom stereocenters. The number of carbonyl (C=O) groups excluding carboxylic acids is 2. The second-order valence-corrected chi connectivity index (χ2v) is 11.7. The lowest BCUT2D eigenvalue weighted by Crippen LogP contribution is -2.43. The Balaban J connectivity index is 1.56. The molecule has 1 aliphatic carbocycles. The number of rotatable bonds is 8. The smallest absolute Gasteiger partial charge is 0.328 e. The molecule has 1 N–H and O–H groups in total. The van der Waals surface area contributed by atoms with E-state index in [9.17, 15) is 14.0 Å². The molecular weight excluding hydrogens is 600 g/mol. The maximum Gasteiger partial charge on any atom is 0.328 e. The number of hydrogen-bond acceptors (Lipinski definition) is 4. The summed E-state index contributed by atoms with van der Waals surface area (Å²) in [6.07, 6.45) is 4.17. The Kier molecular flexibility index (Phi) is 9.51. The maximum atomic E-state index is 13.9. The van der Waals surface area contributed by atoms with Crippen molar-refractivity contribution >= 4 is 46.7 Å². The molecule has 0 radical (unpaired) electrons. The molecule has 0 fully saturated rings. The molecule has 2 atom stereocenters. The van der Waals surface area contributed by atoms with Crippen LogP contribution in [-0.2, 0) is 28.8 Å². The van der Waals surface area contributed by atoms with Gasteiger partial charge in [0, 0.05) is 27.9 Å². The van der Waals surface area contributed by atoms with Gasteiger partial charge in [0.2, 0.25) is 0 Å². The van der Waals surface area contributed by atoms with Gasteiger partial charge in [0.05, 0.1) is 23.5 Å². The van der Waals surface area contributed by atoms with Gasteiger partial charge < -0.3 is 10.1 Å². The summed E-state index contributed by atoms with van der Waals surface area (Å²) in [7, 11) is 1.26. The minimum Gasteiger partial charge on any atom is -0.467 e.